The van der Waals surface area contributed by atoms with E-state index in [0.717, 1.165) is 24.8 Å². The lowest BCUT2D eigenvalue weighted by Gasteiger charge is -2.31. The standard InChI is InChI=1S/C17H25ClN2O2/c1-17(2,16(21)19-3)10-20-12-7-5-6-11-8-9-13(22-4)15(18)14(11)12/h8-9,12,20H,5-7,10H2,1-4H3,(H,19,21). The second-order valence-electron chi connectivity index (χ2n) is 6.44. The molecule has 2 rings (SSSR count). The third-order valence-corrected chi connectivity index (χ3v) is 4.76. The maximum Gasteiger partial charge on any atom is 0.226 e. The van der Waals surface area contributed by atoms with Crippen LogP contribution in [0.5, 0.6) is 5.75 Å². The average molecular weight is 325 g/mol. The van der Waals surface area contributed by atoms with Crippen LogP contribution in [-0.2, 0) is 11.2 Å². The number of fused-ring (bicyclic) bond motifs is 1. The van der Waals surface area contributed by atoms with E-state index in [1.54, 1.807) is 14.2 Å². The fourth-order valence-corrected chi connectivity index (χ4v) is 3.40. The fourth-order valence-electron chi connectivity index (χ4n) is 3.01. The second kappa shape index (κ2) is 6.88. The highest BCUT2D eigenvalue weighted by Crippen LogP contribution is 2.40. The number of aryl methyl sites for hydroxylation is 1. The van der Waals surface area contributed by atoms with E-state index in [2.05, 4.69) is 16.7 Å². The van der Waals surface area contributed by atoms with E-state index in [1.807, 2.05) is 19.9 Å². The summed E-state index contributed by atoms with van der Waals surface area (Å²) in [5, 5.41) is 6.93. The molecule has 0 spiro atoms. The zero-order valence-corrected chi connectivity index (χ0v) is 14.5. The van der Waals surface area contributed by atoms with Crippen molar-refractivity contribution in [1.82, 2.24) is 10.6 Å². The van der Waals surface area contributed by atoms with Crippen molar-refractivity contribution < 1.29 is 9.53 Å². The Kier molecular flexibility index (Phi) is 5.35. The number of carbonyl (C=O) groups is 1. The predicted molar refractivity (Wildman–Crippen MR) is 89.5 cm³/mol. The molecule has 0 bridgehead atoms. The lowest BCUT2D eigenvalue weighted by molar-refractivity contribution is -0.128. The van der Waals surface area contributed by atoms with Gasteiger partial charge in [-0.05, 0) is 50.3 Å². The number of nitrogens with one attached hydrogen (secondary N) is 2. The van der Waals surface area contributed by atoms with Gasteiger partial charge in [-0.2, -0.15) is 0 Å². The average Bonchev–Trinajstić information content (AvgIpc) is 2.52. The van der Waals surface area contributed by atoms with Crippen LogP contribution in [-0.4, -0.2) is 26.6 Å². The third-order valence-electron chi connectivity index (χ3n) is 4.37. The number of carbonyl (C=O) groups excluding carboxylic acids is 1. The molecule has 5 heteroatoms. The molecule has 122 valence electrons. The molecular weight excluding hydrogens is 300 g/mol. The number of hydrogen-bond acceptors (Lipinski definition) is 3. The highest BCUT2D eigenvalue weighted by Gasteiger charge is 2.30. The summed E-state index contributed by atoms with van der Waals surface area (Å²) < 4.78 is 5.34. The van der Waals surface area contributed by atoms with Gasteiger partial charge in [-0.15, -0.1) is 0 Å². The molecule has 1 aliphatic carbocycles. The summed E-state index contributed by atoms with van der Waals surface area (Å²) >= 11 is 6.52. The van der Waals surface area contributed by atoms with Crippen LogP contribution in [0.1, 0.15) is 43.9 Å². The van der Waals surface area contributed by atoms with Crippen molar-refractivity contribution in [2.75, 3.05) is 20.7 Å². The van der Waals surface area contributed by atoms with Gasteiger partial charge in [0.05, 0.1) is 17.5 Å². The summed E-state index contributed by atoms with van der Waals surface area (Å²) in [6, 6.07) is 4.19. The van der Waals surface area contributed by atoms with Crippen LogP contribution in [0.15, 0.2) is 12.1 Å². The molecule has 0 heterocycles. The van der Waals surface area contributed by atoms with Gasteiger partial charge in [0.25, 0.3) is 0 Å². The van der Waals surface area contributed by atoms with Crippen LogP contribution in [0, 0.1) is 5.41 Å². The van der Waals surface area contributed by atoms with E-state index in [4.69, 9.17) is 16.3 Å². The fraction of sp³-hybridized carbons (Fsp3) is 0.588. The summed E-state index contributed by atoms with van der Waals surface area (Å²) in [7, 11) is 3.30. The Hall–Kier alpha value is -1.26. The Morgan fingerprint density at radius 3 is 2.82 bits per heavy atom. The number of hydrogen-bond donors (Lipinski definition) is 2. The van der Waals surface area contributed by atoms with Crippen LogP contribution in [0.2, 0.25) is 5.02 Å². The molecular formula is C17H25ClN2O2. The molecule has 1 aromatic rings. The molecule has 0 fully saturated rings. The zero-order valence-electron chi connectivity index (χ0n) is 13.8. The molecule has 1 aromatic carbocycles. The van der Waals surface area contributed by atoms with E-state index >= 15 is 0 Å². The molecule has 4 nitrogen and oxygen atoms in total. The van der Waals surface area contributed by atoms with Crippen LogP contribution in [0.25, 0.3) is 0 Å². The van der Waals surface area contributed by atoms with Gasteiger partial charge >= 0.3 is 0 Å². The first-order valence-corrected chi connectivity index (χ1v) is 8.09. The summed E-state index contributed by atoms with van der Waals surface area (Å²) in [6.07, 6.45) is 3.17. The Morgan fingerprint density at radius 2 is 2.18 bits per heavy atom. The summed E-state index contributed by atoms with van der Waals surface area (Å²) in [5.41, 5.74) is 1.94. The SMILES string of the molecule is CNC(=O)C(C)(C)CNC1CCCc2ccc(OC)c(Cl)c21. The summed E-state index contributed by atoms with van der Waals surface area (Å²) in [5.74, 6) is 0.743. The van der Waals surface area contributed by atoms with Crippen molar-refractivity contribution in [3.05, 3.63) is 28.3 Å². The minimum Gasteiger partial charge on any atom is -0.495 e. The van der Waals surface area contributed by atoms with Gasteiger partial charge in [0, 0.05) is 19.6 Å². The summed E-state index contributed by atoms with van der Waals surface area (Å²) in [4.78, 5) is 11.9. The van der Waals surface area contributed by atoms with Crippen LogP contribution in [0.4, 0.5) is 0 Å². The molecule has 0 saturated heterocycles. The van der Waals surface area contributed by atoms with E-state index in [-0.39, 0.29) is 11.9 Å². The number of amides is 1. The molecule has 0 aliphatic heterocycles. The van der Waals surface area contributed by atoms with Crippen molar-refractivity contribution in [2.45, 2.75) is 39.2 Å². The Morgan fingerprint density at radius 1 is 1.45 bits per heavy atom. The molecule has 1 atom stereocenters. The minimum absolute atomic E-state index is 0.0350. The van der Waals surface area contributed by atoms with Crippen molar-refractivity contribution >= 4 is 17.5 Å². The van der Waals surface area contributed by atoms with E-state index in [1.165, 1.54) is 5.56 Å². The third kappa shape index (κ3) is 3.39. The lowest BCUT2D eigenvalue weighted by atomic mass is 9.85. The van der Waals surface area contributed by atoms with Gasteiger partial charge in [0.15, 0.2) is 0 Å². The number of ether oxygens (including phenoxy) is 1. The molecule has 1 unspecified atom stereocenters. The first-order valence-electron chi connectivity index (χ1n) is 7.71. The molecule has 22 heavy (non-hydrogen) atoms. The predicted octanol–water partition coefficient (Wildman–Crippen LogP) is 3.09. The number of benzene rings is 1. The van der Waals surface area contributed by atoms with Gasteiger partial charge in [-0.3, -0.25) is 4.79 Å². The molecule has 0 radical (unpaired) electrons. The maximum atomic E-state index is 11.9. The van der Waals surface area contributed by atoms with Crippen molar-refractivity contribution in [3.63, 3.8) is 0 Å². The Labute approximate surface area is 137 Å². The first kappa shape index (κ1) is 17.1. The topological polar surface area (TPSA) is 50.4 Å². The highest BCUT2D eigenvalue weighted by atomic mass is 35.5. The quantitative estimate of drug-likeness (QED) is 0.875. The number of methoxy groups -OCH3 is 1. The molecule has 0 aromatic heterocycles. The van der Waals surface area contributed by atoms with Gasteiger partial charge in [-0.25, -0.2) is 0 Å². The molecule has 1 amide bonds. The van der Waals surface area contributed by atoms with Gasteiger partial charge in [0.1, 0.15) is 5.75 Å². The monoisotopic (exact) mass is 324 g/mol. The zero-order chi connectivity index (χ0) is 16.3. The first-order chi connectivity index (χ1) is 10.4. The van der Waals surface area contributed by atoms with Crippen LogP contribution in [0.3, 0.4) is 0 Å². The van der Waals surface area contributed by atoms with Crippen molar-refractivity contribution in [1.29, 1.82) is 0 Å². The van der Waals surface area contributed by atoms with E-state index < -0.39 is 5.41 Å². The summed E-state index contributed by atoms with van der Waals surface area (Å²) in [6.45, 7) is 4.48. The largest absolute Gasteiger partial charge is 0.495 e. The molecule has 1 aliphatic rings. The van der Waals surface area contributed by atoms with E-state index in [0.29, 0.717) is 17.3 Å². The minimum atomic E-state index is -0.461. The number of halogens is 1. The normalized spacial score (nSPS) is 17.8. The Bertz CT molecular complexity index is 558. The van der Waals surface area contributed by atoms with Crippen LogP contribution >= 0.6 is 11.6 Å². The number of rotatable bonds is 5. The lowest BCUT2D eigenvalue weighted by Crippen LogP contribution is -2.43. The van der Waals surface area contributed by atoms with Gasteiger partial charge in [-0.1, -0.05) is 17.7 Å². The smallest absolute Gasteiger partial charge is 0.226 e. The molecule has 2 N–H and O–H groups in total. The Balaban J connectivity index is 2.20. The maximum absolute atomic E-state index is 11.9. The van der Waals surface area contributed by atoms with Crippen LogP contribution < -0.4 is 15.4 Å². The van der Waals surface area contributed by atoms with Crippen molar-refractivity contribution in [3.8, 4) is 5.75 Å². The van der Waals surface area contributed by atoms with Gasteiger partial charge < -0.3 is 15.4 Å². The van der Waals surface area contributed by atoms with Gasteiger partial charge in [0.2, 0.25) is 5.91 Å². The highest BCUT2D eigenvalue weighted by molar-refractivity contribution is 6.33. The molecule has 0 saturated carbocycles. The van der Waals surface area contributed by atoms with Crippen molar-refractivity contribution in [2.24, 2.45) is 5.41 Å². The van der Waals surface area contributed by atoms with E-state index in [9.17, 15) is 4.79 Å². The second-order valence-corrected chi connectivity index (χ2v) is 6.82.